The van der Waals surface area contributed by atoms with E-state index in [4.69, 9.17) is 4.74 Å². The van der Waals surface area contributed by atoms with E-state index in [9.17, 15) is 5.26 Å². The molecule has 1 rings (SSSR count). The summed E-state index contributed by atoms with van der Waals surface area (Å²) in [5.41, 5.74) is -0.328. The van der Waals surface area contributed by atoms with Gasteiger partial charge >= 0.3 is 0 Å². The maximum Gasteiger partial charge on any atom is 0.109 e. The summed E-state index contributed by atoms with van der Waals surface area (Å²) >= 11 is 0. The summed E-state index contributed by atoms with van der Waals surface area (Å²) in [4.78, 5) is 0. The summed E-state index contributed by atoms with van der Waals surface area (Å²) in [5.74, 6) is 0. The average Bonchev–Trinajstić information content (AvgIpc) is 2.37. The number of hydrogen-bond donors (Lipinski definition) is 1. The molecule has 0 heterocycles. The van der Waals surface area contributed by atoms with Crippen molar-refractivity contribution >= 4 is 0 Å². The Morgan fingerprint density at radius 3 is 2.88 bits per heavy atom. The first-order chi connectivity index (χ1) is 8.26. The van der Waals surface area contributed by atoms with Crippen molar-refractivity contribution in [2.45, 2.75) is 70.4 Å². The number of nitrogens with one attached hydrogen (secondary N) is 1. The molecule has 0 aromatic carbocycles. The molecule has 0 saturated heterocycles. The second kappa shape index (κ2) is 7.68. The van der Waals surface area contributed by atoms with Crippen LogP contribution in [0, 0.1) is 11.3 Å². The van der Waals surface area contributed by atoms with Crippen LogP contribution in [0.2, 0.25) is 0 Å². The topological polar surface area (TPSA) is 45.0 Å². The van der Waals surface area contributed by atoms with Crippen molar-refractivity contribution in [3.8, 4) is 6.07 Å². The molecule has 2 atom stereocenters. The fraction of sp³-hybridized carbons (Fsp3) is 0.929. The van der Waals surface area contributed by atoms with Gasteiger partial charge in [-0.25, -0.2) is 0 Å². The van der Waals surface area contributed by atoms with Gasteiger partial charge in [0.25, 0.3) is 0 Å². The van der Waals surface area contributed by atoms with Gasteiger partial charge in [0.05, 0.1) is 12.2 Å². The zero-order valence-electron chi connectivity index (χ0n) is 11.3. The Morgan fingerprint density at radius 2 is 2.24 bits per heavy atom. The summed E-state index contributed by atoms with van der Waals surface area (Å²) in [5, 5.41) is 12.8. The van der Waals surface area contributed by atoms with Crippen molar-refractivity contribution in [3.05, 3.63) is 0 Å². The van der Waals surface area contributed by atoms with Crippen molar-refractivity contribution in [1.82, 2.24) is 5.32 Å². The van der Waals surface area contributed by atoms with Crippen LogP contribution < -0.4 is 5.32 Å². The molecule has 1 N–H and O–H groups in total. The van der Waals surface area contributed by atoms with Crippen LogP contribution in [0.25, 0.3) is 0 Å². The molecule has 17 heavy (non-hydrogen) atoms. The molecule has 0 bridgehead atoms. The van der Waals surface area contributed by atoms with E-state index in [0.717, 1.165) is 51.7 Å². The Labute approximate surface area is 106 Å². The molecule has 0 aromatic rings. The summed E-state index contributed by atoms with van der Waals surface area (Å²) in [6.07, 6.45) is 7.68. The molecule has 0 amide bonds. The molecule has 0 aliphatic heterocycles. The highest BCUT2D eigenvalue weighted by Crippen LogP contribution is 2.29. The van der Waals surface area contributed by atoms with E-state index in [2.05, 4.69) is 25.2 Å². The molecule has 1 aliphatic carbocycles. The number of nitriles is 1. The minimum atomic E-state index is -0.328. The van der Waals surface area contributed by atoms with Crippen molar-refractivity contribution < 1.29 is 4.74 Å². The minimum absolute atomic E-state index is 0.277. The Morgan fingerprint density at radius 1 is 1.41 bits per heavy atom. The third kappa shape index (κ3) is 4.65. The van der Waals surface area contributed by atoms with Crippen molar-refractivity contribution in [2.24, 2.45) is 0 Å². The predicted molar refractivity (Wildman–Crippen MR) is 69.8 cm³/mol. The highest BCUT2D eigenvalue weighted by atomic mass is 16.5. The van der Waals surface area contributed by atoms with Gasteiger partial charge in [-0.15, -0.1) is 0 Å². The molecular formula is C14H26N2O. The largest absolute Gasteiger partial charge is 0.378 e. The van der Waals surface area contributed by atoms with Crippen LogP contribution in [0.15, 0.2) is 0 Å². The zero-order chi connectivity index (χ0) is 12.6. The molecule has 0 aromatic heterocycles. The molecule has 98 valence electrons. The van der Waals surface area contributed by atoms with Crippen LogP contribution in [-0.4, -0.2) is 24.8 Å². The number of rotatable bonds is 7. The molecule has 0 spiro atoms. The molecule has 0 radical (unpaired) electrons. The van der Waals surface area contributed by atoms with Gasteiger partial charge in [-0.1, -0.05) is 20.3 Å². The van der Waals surface area contributed by atoms with Crippen LogP contribution in [0.4, 0.5) is 0 Å². The predicted octanol–water partition coefficient (Wildman–Crippen LogP) is 3.01. The van der Waals surface area contributed by atoms with Gasteiger partial charge in [-0.05, 0) is 38.6 Å². The van der Waals surface area contributed by atoms with Gasteiger partial charge in [-0.2, -0.15) is 5.26 Å². The molecule has 1 saturated carbocycles. The lowest BCUT2D eigenvalue weighted by Gasteiger charge is -2.36. The van der Waals surface area contributed by atoms with Crippen LogP contribution >= 0.6 is 0 Å². The van der Waals surface area contributed by atoms with Crippen molar-refractivity contribution in [1.29, 1.82) is 5.26 Å². The molecule has 3 nitrogen and oxygen atoms in total. The Balaban J connectivity index is 2.42. The van der Waals surface area contributed by atoms with E-state index in [-0.39, 0.29) is 11.6 Å². The van der Waals surface area contributed by atoms with Gasteiger partial charge in [0, 0.05) is 13.0 Å². The fourth-order valence-corrected chi connectivity index (χ4v) is 2.43. The van der Waals surface area contributed by atoms with Gasteiger partial charge in [0.2, 0.25) is 0 Å². The van der Waals surface area contributed by atoms with E-state index >= 15 is 0 Å². The monoisotopic (exact) mass is 238 g/mol. The normalized spacial score (nSPS) is 28.9. The van der Waals surface area contributed by atoms with Crippen LogP contribution in [0.3, 0.4) is 0 Å². The maximum atomic E-state index is 9.39. The van der Waals surface area contributed by atoms with Crippen molar-refractivity contribution in [2.75, 3.05) is 13.2 Å². The van der Waals surface area contributed by atoms with Gasteiger partial charge in [-0.3, -0.25) is 5.32 Å². The first kappa shape index (κ1) is 14.5. The highest BCUT2D eigenvalue weighted by molar-refractivity contribution is 5.10. The smallest absolute Gasteiger partial charge is 0.109 e. The summed E-state index contributed by atoms with van der Waals surface area (Å²) in [6, 6.07) is 2.48. The first-order valence-electron chi connectivity index (χ1n) is 7.04. The van der Waals surface area contributed by atoms with E-state index < -0.39 is 0 Å². The summed E-state index contributed by atoms with van der Waals surface area (Å²) < 4.78 is 5.87. The minimum Gasteiger partial charge on any atom is -0.378 e. The Kier molecular flexibility index (Phi) is 6.54. The lowest BCUT2D eigenvalue weighted by molar-refractivity contribution is 0.00790. The standard InChI is InChI=1S/C14H26N2O/c1-3-5-10-17-13-7-6-8-14(11-13,12-15)16-9-4-2/h13,16H,3-11H2,1-2H3. The molecular weight excluding hydrogens is 212 g/mol. The average molecular weight is 238 g/mol. The lowest BCUT2D eigenvalue weighted by atomic mass is 9.81. The van der Waals surface area contributed by atoms with Crippen LogP contribution in [-0.2, 0) is 4.74 Å². The molecule has 1 fully saturated rings. The Bertz CT molecular complexity index is 249. The SMILES string of the molecule is CCCCOC1CCCC(C#N)(NCCC)C1. The first-order valence-corrected chi connectivity index (χ1v) is 7.04. The Hall–Kier alpha value is -0.590. The zero-order valence-corrected chi connectivity index (χ0v) is 11.3. The maximum absolute atomic E-state index is 9.39. The van der Waals surface area contributed by atoms with Crippen molar-refractivity contribution in [3.63, 3.8) is 0 Å². The van der Waals surface area contributed by atoms with E-state index in [1.54, 1.807) is 0 Å². The van der Waals surface area contributed by atoms with Crippen LogP contribution in [0.5, 0.6) is 0 Å². The third-order valence-electron chi connectivity index (χ3n) is 3.48. The lowest BCUT2D eigenvalue weighted by Crippen LogP contribution is -2.49. The van der Waals surface area contributed by atoms with Gasteiger partial charge in [0.1, 0.15) is 5.54 Å². The fourth-order valence-electron chi connectivity index (χ4n) is 2.43. The molecule has 1 aliphatic rings. The van der Waals surface area contributed by atoms with E-state index in [0.29, 0.717) is 0 Å². The number of nitrogens with zero attached hydrogens (tertiary/aromatic N) is 1. The van der Waals surface area contributed by atoms with Crippen LogP contribution in [0.1, 0.15) is 58.8 Å². The number of hydrogen-bond acceptors (Lipinski definition) is 3. The van der Waals surface area contributed by atoms with E-state index in [1.807, 2.05) is 0 Å². The number of unbranched alkanes of at least 4 members (excludes halogenated alkanes) is 1. The van der Waals surface area contributed by atoms with Gasteiger partial charge < -0.3 is 4.74 Å². The second-order valence-corrected chi connectivity index (χ2v) is 5.06. The molecule has 3 heteroatoms. The quantitative estimate of drug-likeness (QED) is 0.693. The molecule has 2 unspecified atom stereocenters. The third-order valence-corrected chi connectivity index (χ3v) is 3.48. The second-order valence-electron chi connectivity index (χ2n) is 5.06. The van der Waals surface area contributed by atoms with E-state index in [1.165, 1.54) is 6.42 Å². The summed E-state index contributed by atoms with van der Waals surface area (Å²) in [6.45, 7) is 6.08. The summed E-state index contributed by atoms with van der Waals surface area (Å²) in [7, 11) is 0. The van der Waals surface area contributed by atoms with Gasteiger partial charge in [0.15, 0.2) is 0 Å². The number of ether oxygens (including phenoxy) is 1. The highest BCUT2D eigenvalue weighted by Gasteiger charge is 2.36.